The van der Waals surface area contributed by atoms with Crippen molar-refractivity contribution in [1.82, 2.24) is 0 Å². The van der Waals surface area contributed by atoms with E-state index in [4.69, 9.17) is 10.5 Å². The van der Waals surface area contributed by atoms with Crippen LogP contribution >= 0.6 is 11.8 Å². The van der Waals surface area contributed by atoms with Gasteiger partial charge in [-0.15, -0.1) is 11.8 Å². The number of hydrogen-bond acceptors (Lipinski definition) is 3. The fourth-order valence-electron chi connectivity index (χ4n) is 4.23. The minimum atomic E-state index is 0.491. The summed E-state index contributed by atoms with van der Waals surface area (Å²) in [7, 11) is 0. The quantitative estimate of drug-likeness (QED) is 0.211. The van der Waals surface area contributed by atoms with E-state index in [-0.39, 0.29) is 0 Å². The molecule has 2 nitrogen and oxygen atoms in total. The van der Waals surface area contributed by atoms with Crippen LogP contribution in [-0.2, 0) is 6.61 Å². The molecule has 33 heavy (non-hydrogen) atoms. The third-order valence-corrected chi connectivity index (χ3v) is 6.61. The Morgan fingerprint density at radius 2 is 1.30 bits per heavy atom. The first kappa shape index (κ1) is 21.2. The van der Waals surface area contributed by atoms with Crippen molar-refractivity contribution in [3.05, 3.63) is 115 Å². The maximum atomic E-state index is 6.64. The van der Waals surface area contributed by atoms with Crippen LogP contribution in [0.15, 0.2) is 114 Å². The Kier molecular flexibility index (Phi) is 6.05. The number of nitrogen functional groups attached to an aromatic ring is 1. The predicted molar refractivity (Wildman–Crippen MR) is 142 cm³/mol. The lowest BCUT2D eigenvalue weighted by Crippen LogP contribution is -2.00. The Morgan fingerprint density at radius 1 is 0.697 bits per heavy atom. The first-order valence-electron chi connectivity index (χ1n) is 11.0. The molecule has 0 saturated heterocycles. The maximum absolute atomic E-state index is 6.64. The summed E-state index contributed by atoms with van der Waals surface area (Å²) in [5.41, 5.74) is 13.0. The Bertz CT molecular complexity index is 1380. The maximum Gasteiger partial charge on any atom is 0.129 e. The number of hydrogen-bond donors (Lipinski definition) is 1. The van der Waals surface area contributed by atoms with E-state index < -0.39 is 0 Å². The summed E-state index contributed by atoms with van der Waals surface area (Å²) in [5, 5.41) is 2.17. The lowest BCUT2D eigenvalue weighted by molar-refractivity contribution is 0.310. The molecule has 5 rings (SSSR count). The van der Waals surface area contributed by atoms with Crippen molar-refractivity contribution in [2.45, 2.75) is 11.5 Å². The number of nitrogens with two attached hydrogens (primary N) is 1. The van der Waals surface area contributed by atoms with Crippen molar-refractivity contribution in [2.75, 3.05) is 12.0 Å². The van der Waals surface area contributed by atoms with Crippen LogP contribution in [0.1, 0.15) is 5.56 Å². The highest BCUT2D eigenvalue weighted by molar-refractivity contribution is 7.98. The molecule has 0 saturated carbocycles. The molecule has 0 atom stereocenters. The number of thioether (sulfide) groups is 1. The Balaban J connectivity index is 1.74. The van der Waals surface area contributed by atoms with Gasteiger partial charge in [0, 0.05) is 27.6 Å². The summed E-state index contributed by atoms with van der Waals surface area (Å²) in [4.78, 5) is 1.21. The van der Waals surface area contributed by atoms with Gasteiger partial charge in [-0.1, -0.05) is 91.0 Å². The van der Waals surface area contributed by atoms with E-state index in [1.807, 2.05) is 48.5 Å². The highest BCUT2D eigenvalue weighted by Crippen LogP contribution is 2.44. The molecule has 5 aromatic carbocycles. The molecule has 0 aliphatic rings. The van der Waals surface area contributed by atoms with Gasteiger partial charge in [0.1, 0.15) is 12.4 Å². The zero-order valence-electron chi connectivity index (χ0n) is 18.5. The molecular formula is C30H25NOS. The van der Waals surface area contributed by atoms with E-state index in [1.54, 1.807) is 11.8 Å². The Labute approximate surface area is 199 Å². The van der Waals surface area contributed by atoms with Gasteiger partial charge < -0.3 is 10.5 Å². The third-order valence-electron chi connectivity index (χ3n) is 5.83. The summed E-state index contributed by atoms with van der Waals surface area (Å²) < 4.78 is 6.35. The van der Waals surface area contributed by atoms with E-state index in [0.717, 1.165) is 38.9 Å². The molecule has 0 aromatic heterocycles. The zero-order chi connectivity index (χ0) is 22.6. The average Bonchev–Trinajstić information content (AvgIpc) is 2.88. The van der Waals surface area contributed by atoms with Crippen LogP contribution in [0.2, 0.25) is 0 Å². The minimum absolute atomic E-state index is 0.491. The highest BCUT2D eigenvalue weighted by atomic mass is 32.2. The van der Waals surface area contributed by atoms with Gasteiger partial charge in [0.25, 0.3) is 0 Å². The van der Waals surface area contributed by atoms with Crippen LogP contribution in [0.5, 0.6) is 5.75 Å². The first-order chi connectivity index (χ1) is 16.2. The van der Waals surface area contributed by atoms with Crippen molar-refractivity contribution >= 4 is 28.2 Å². The van der Waals surface area contributed by atoms with Gasteiger partial charge in [0.2, 0.25) is 0 Å². The van der Waals surface area contributed by atoms with Gasteiger partial charge >= 0.3 is 0 Å². The summed E-state index contributed by atoms with van der Waals surface area (Å²) in [5.74, 6) is 0.802. The molecule has 162 valence electrons. The van der Waals surface area contributed by atoms with Crippen LogP contribution in [0.3, 0.4) is 0 Å². The van der Waals surface area contributed by atoms with E-state index in [0.29, 0.717) is 6.61 Å². The standard InChI is InChI=1S/C30H25NOS/c1-33-29-18-26-25(17-24(29)22-13-7-3-8-14-22)28(32-20-21-11-5-2-6-12-21)19-27(31)30(26)23-15-9-4-10-16-23/h2-19H,20,31H2,1H3. The van der Waals surface area contributed by atoms with E-state index in [1.165, 1.54) is 16.0 Å². The third kappa shape index (κ3) is 4.33. The molecule has 0 aliphatic carbocycles. The van der Waals surface area contributed by atoms with Crippen LogP contribution in [0.25, 0.3) is 33.0 Å². The molecule has 0 spiro atoms. The molecule has 2 N–H and O–H groups in total. The predicted octanol–water partition coefficient (Wildman–Crippen LogP) is 8.06. The van der Waals surface area contributed by atoms with Crippen molar-refractivity contribution in [1.29, 1.82) is 0 Å². The fourth-order valence-corrected chi connectivity index (χ4v) is 4.86. The summed E-state index contributed by atoms with van der Waals surface area (Å²) >= 11 is 1.75. The van der Waals surface area contributed by atoms with Gasteiger partial charge in [-0.3, -0.25) is 0 Å². The molecule has 0 bridgehead atoms. The van der Waals surface area contributed by atoms with E-state index in [9.17, 15) is 0 Å². The molecular weight excluding hydrogens is 422 g/mol. The smallest absolute Gasteiger partial charge is 0.129 e. The second kappa shape index (κ2) is 9.43. The van der Waals surface area contributed by atoms with Gasteiger partial charge in [-0.25, -0.2) is 0 Å². The van der Waals surface area contributed by atoms with E-state index in [2.05, 4.69) is 66.9 Å². The topological polar surface area (TPSA) is 35.2 Å². The fraction of sp³-hybridized carbons (Fsp3) is 0.0667. The van der Waals surface area contributed by atoms with Crippen LogP contribution in [0, 0.1) is 0 Å². The van der Waals surface area contributed by atoms with Gasteiger partial charge in [-0.05, 0) is 46.0 Å². The molecule has 0 radical (unpaired) electrons. The summed E-state index contributed by atoms with van der Waals surface area (Å²) in [6, 6.07) is 37.6. The van der Waals surface area contributed by atoms with Crippen LogP contribution in [0.4, 0.5) is 5.69 Å². The van der Waals surface area contributed by atoms with Crippen LogP contribution < -0.4 is 10.5 Å². The lowest BCUT2D eigenvalue weighted by Gasteiger charge is -2.18. The molecule has 0 amide bonds. The normalized spacial score (nSPS) is 10.9. The van der Waals surface area contributed by atoms with Gasteiger partial charge in [0.05, 0.1) is 0 Å². The molecule has 0 aliphatic heterocycles. The minimum Gasteiger partial charge on any atom is -0.488 e. The van der Waals surface area contributed by atoms with Crippen molar-refractivity contribution in [2.24, 2.45) is 0 Å². The second-order valence-corrected chi connectivity index (χ2v) is 8.79. The summed E-state index contributed by atoms with van der Waals surface area (Å²) in [6.45, 7) is 0.491. The highest BCUT2D eigenvalue weighted by Gasteiger charge is 2.17. The zero-order valence-corrected chi connectivity index (χ0v) is 19.3. The first-order valence-corrected chi connectivity index (χ1v) is 12.2. The number of benzene rings is 5. The molecule has 5 aromatic rings. The lowest BCUT2D eigenvalue weighted by atomic mass is 9.93. The average molecular weight is 448 g/mol. The number of anilines is 1. The van der Waals surface area contributed by atoms with E-state index >= 15 is 0 Å². The van der Waals surface area contributed by atoms with Crippen molar-refractivity contribution in [3.8, 4) is 28.0 Å². The van der Waals surface area contributed by atoms with Crippen molar-refractivity contribution < 1.29 is 4.74 Å². The second-order valence-electron chi connectivity index (χ2n) is 7.94. The monoisotopic (exact) mass is 447 g/mol. The van der Waals surface area contributed by atoms with Crippen LogP contribution in [-0.4, -0.2) is 6.26 Å². The number of fused-ring (bicyclic) bond motifs is 1. The summed E-state index contributed by atoms with van der Waals surface area (Å²) in [6.07, 6.45) is 2.12. The molecule has 0 fully saturated rings. The largest absolute Gasteiger partial charge is 0.488 e. The van der Waals surface area contributed by atoms with Gasteiger partial charge in [-0.2, -0.15) is 0 Å². The Hall–Kier alpha value is -3.69. The number of ether oxygens (including phenoxy) is 1. The van der Waals surface area contributed by atoms with Gasteiger partial charge in [0.15, 0.2) is 0 Å². The molecule has 0 unspecified atom stereocenters. The molecule has 0 heterocycles. The van der Waals surface area contributed by atoms with Crippen molar-refractivity contribution in [3.63, 3.8) is 0 Å². The Morgan fingerprint density at radius 3 is 1.94 bits per heavy atom. The SMILES string of the molecule is CSc1cc2c(-c3ccccc3)c(N)cc(OCc3ccccc3)c2cc1-c1ccccc1. The number of rotatable bonds is 6. The molecule has 3 heteroatoms.